The average Bonchev–Trinajstić information content (AvgIpc) is 2.17. The summed E-state index contributed by atoms with van der Waals surface area (Å²) in [7, 11) is 0. The van der Waals surface area contributed by atoms with Crippen molar-refractivity contribution >= 4 is 17.6 Å². The van der Waals surface area contributed by atoms with Gasteiger partial charge in [-0.25, -0.2) is 9.97 Å². The van der Waals surface area contributed by atoms with Crippen molar-refractivity contribution in [2.45, 2.75) is 19.8 Å². The van der Waals surface area contributed by atoms with Crippen LogP contribution >= 0.6 is 11.6 Å². The minimum absolute atomic E-state index is 0.206. The highest BCUT2D eigenvalue weighted by molar-refractivity contribution is 6.28. The third kappa shape index (κ3) is 3.70. The van der Waals surface area contributed by atoms with Crippen molar-refractivity contribution in [2.75, 3.05) is 6.61 Å². The Morgan fingerprint density at radius 3 is 2.71 bits per heavy atom. The molecule has 4 nitrogen and oxygen atoms in total. The lowest BCUT2D eigenvalue weighted by Crippen LogP contribution is -2.05. The Hall–Kier alpha value is -1.16. The lowest BCUT2D eigenvalue weighted by atomic mass is 10.2. The van der Waals surface area contributed by atoms with Gasteiger partial charge in [-0.05, 0) is 30.5 Å². The van der Waals surface area contributed by atoms with E-state index in [4.69, 9.17) is 16.3 Å². The molecule has 0 aromatic carbocycles. The molecule has 0 radical (unpaired) electrons. The predicted molar refractivity (Wildman–Crippen MR) is 52.0 cm³/mol. The molecule has 1 aromatic heterocycles. The number of carbonyl (C=O) groups excluding carboxylic acids is 1. The summed E-state index contributed by atoms with van der Waals surface area (Å²) >= 11 is 5.51. The molecule has 0 bridgehead atoms. The second kappa shape index (κ2) is 5.54. The number of hydrogen-bond acceptors (Lipinski definition) is 4. The molecule has 0 atom stereocenters. The van der Waals surface area contributed by atoms with Gasteiger partial charge < -0.3 is 4.74 Å². The van der Waals surface area contributed by atoms with Gasteiger partial charge in [0, 0.05) is 18.8 Å². The van der Waals surface area contributed by atoms with Crippen molar-refractivity contribution in [1.29, 1.82) is 0 Å². The number of aromatic nitrogens is 2. The van der Waals surface area contributed by atoms with Crippen molar-refractivity contribution in [3.8, 4) is 0 Å². The molecule has 0 saturated carbocycles. The number of ether oxygens (including phenoxy) is 1. The van der Waals surface area contributed by atoms with E-state index < -0.39 is 0 Å². The van der Waals surface area contributed by atoms with E-state index in [0.29, 0.717) is 19.4 Å². The molecule has 0 aliphatic rings. The first-order valence-electron chi connectivity index (χ1n) is 4.34. The SMILES string of the molecule is CCOC(=O)CCc1cnc(Cl)nc1. The quantitative estimate of drug-likeness (QED) is 0.565. The van der Waals surface area contributed by atoms with Crippen LogP contribution in [0.25, 0.3) is 0 Å². The minimum Gasteiger partial charge on any atom is -0.466 e. The van der Waals surface area contributed by atoms with Crippen molar-refractivity contribution in [2.24, 2.45) is 0 Å². The first-order valence-corrected chi connectivity index (χ1v) is 4.72. The zero-order valence-electron chi connectivity index (χ0n) is 7.86. The highest BCUT2D eigenvalue weighted by atomic mass is 35.5. The fraction of sp³-hybridized carbons (Fsp3) is 0.444. The number of halogens is 1. The Morgan fingerprint density at radius 2 is 2.14 bits per heavy atom. The summed E-state index contributed by atoms with van der Waals surface area (Å²) in [6.45, 7) is 2.19. The normalized spacial score (nSPS) is 9.86. The maximum absolute atomic E-state index is 11.0. The number of aryl methyl sites for hydroxylation is 1. The molecular formula is C9H11ClN2O2. The molecule has 5 heteroatoms. The fourth-order valence-corrected chi connectivity index (χ4v) is 1.05. The minimum atomic E-state index is -0.206. The van der Waals surface area contributed by atoms with Crippen LogP contribution in [0.1, 0.15) is 18.9 Å². The van der Waals surface area contributed by atoms with Gasteiger partial charge in [-0.2, -0.15) is 0 Å². The molecule has 1 heterocycles. The van der Waals surface area contributed by atoms with Gasteiger partial charge in [0.1, 0.15) is 0 Å². The second-order valence-corrected chi connectivity index (χ2v) is 3.00. The van der Waals surface area contributed by atoms with Crippen molar-refractivity contribution < 1.29 is 9.53 Å². The highest BCUT2D eigenvalue weighted by Crippen LogP contribution is 2.03. The van der Waals surface area contributed by atoms with Gasteiger partial charge in [0.2, 0.25) is 5.28 Å². The number of esters is 1. The molecular weight excluding hydrogens is 204 g/mol. The second-order valence-electron chi connectivity index (χ2n) is 2.67. The van der Waals surface area contributed by atoms with Crippen LogP contribution in [-0.4, -0.2) is 22.5 Å². The molecule has 1 rings (SSSR count). The van der Waals surface area contributed by atoms with Crippen LogP contribution in [0.3, 0.4) is 0 Å². The number of rotatable bonds is 4. The van der Waals surface area contributed by atoms with Gasteiger partial charge in [0.05, 0.1) is 6.61 Å². The van der Waals surface area contributed by atoms with E-state index in [2.05, 4.69) is 9.97 Å². The average molecular weight is 215 g/mol. The van der Waals surface area contributed by atoms with E-state index in [1.807, 2.05) is 0 Å². The van der Waals surface area contributed by atoms with Gasteiger partial charge in [-0.1, -0.05) is 0 Å². The van der Waals surface area contributed by atoms with E-state index in [1.54, 1.807) is 19.3 Å². The molecule has 0 fully saturated rings. The van der Waals surface area contributed by atoms with E-state index in [-0.39, 0.29) is 11.3 Å². The number of nitrogens with zero attached hydrogens (tertiary/aromatic N) is 2. The zero-order valence-corrected chi connectivity index (χ0v) is 8.62. The topological polar surface area (TPSA) is 52.1 Å². The molecule has 0 unspecified atom stereocenters. The monoisotopic (exact) mass is 214 g/mol. The van der Waals surface area contributed by atoms with Gasteiger partial charge >= 0.3 is 5.97 Å². The van der Waals surface area contributed by atoms with Crippen LogP contribution in [-0.2, 0) is 16.0 Å². The summed E-state index contributed by atoms with van der Waals surface area (Å²) < 4.78 is 4.78. The molecule has 14 heavy (non-hydrogen) atoms. The smallest absolute Gasteiger partial charge is 0.306 e. The summed E-state index contributed by atoms with van der Waals surface area (Å²) in [6, 6.07) is 0. The lowest BCUT2D eigenvalue weighted by Gasteiger charge is -2.01. The first kappa shape index (κ1) is 10.9. The van der Waals surface area contributed by atoms with E-state index in [1.165, 1.54) is 0 Å². The summed E-state index contributed by atoms with van der Waals surface area (Å²) in [5, 5.41) is 0.213. The summed E-state index contributed by atoms with van der Waals surface area (Å²) in [5.74, 6) is -0.206. The molecule has 0 aliphatic heterocycles. The standard InChI is InChI=1S/C9H11ClN2O2/c1-2-14-8(13)4-3-7-5-11-9(10)12-6-7/h5-6H,2-4H2,1H3. The Labute approximate surface area is 87.3 Å². The van der Waals surface area contributed by atoms with Gasteiger partial charge in [0.25, 0.3) is 0 Å². The Kier molecular flexibility index (Phi) is 4.32. The maximum atomic E-state index is 11.0. The Morgan fingerprint density at radius 1 is 1.50 bits per heavy atom. The third-order valence-electron chi connectivity index (χ3n) is 1.60. The van der Waals surface area contributed by atoms with Gasteiger partial charge in [-0.3, -0.25) is 4.79 Å². The summed E-state index contributed by atoms with van der Waals surface area (Å²) in [5.41, 5.74) is 0.877. The van der Waals surface area contributed by atoms with Crippen LogP contribution < -0.4 is 0 Å². The molecule has 0 aliphatic carbocycles. The largest absolute Gasteiger partial charge is 0.466 e. The van der Waals surface area contributed by atoms with Crippen LogP contribution in [0.2, 0.25) is 5.28 Å². The molecule has 76 valence electrons. The van der Waals surface area contributed by atoms with E-state index in [9.17, 15) is 4.79 Å². The zero-order chi connectivity index (χ0) is 10.4. The first-order chi connectivity index (χ1) is 6.72. The van der Waals surface area contributed by atoms with Crippen molar-refractivity contribution in [3.05, 3.63) is 23.2 Å². The van der Waals surface area contributed by atoms with Crippen LogP contribution in [0.5, 0.6) is 0 Å². The summed E-state index contributed by atoms with van der Waals surface area (Å²) in [4.78, 5) is 18.6. The van der Waals surface area contributed by atoms with E-state index in [0.717, 1.165) is 5.56 Å². The molecule has 0 saturated heterocycles. The highest BCUT2D eigenvalue weighted by Gasteiger charge is 2.02. The summed E-state index contributed by atoms with van der Waals surface area (Å²) in [6.07, 6.45) is 4.14. The number of carbonyl (C=O) groups is 1. The van der Waals surface area contributed by atoms with Gasteiger partial charge in [0.15, 0.2) is 0 Å². The fourth-order valence-electron chi connectivity index (χ4n) is 0.948. The Balaban J connectivity index is 2.38. The molecule has 0 amide bonds. The molecule has 1 aromatic rings. The molecule has 0 N–H and O–H groups in total. The number of hydrogen-bond donors (Lipinski definition) is 0. The predicted octanol–water partition coefficient (Wildman–Crippen LogP) is 1.63. The Bertz CT molecular complexity index is 300. The maximum Gasteiger partial charge on any atom is 0.306 e. The van der Waals surface area contributed by atoms with Crippen LogP contribution in [0.15, 0.2) is 12.4 Å². The van der Waals surface area contributed by atoms with Crippen LogP contribution in [0, 0.1) is 0 Å². The lowest BCUT2D eigenvalue weighted by molar-refractivity contribution is -0.143. The molecule has 0 spiro atoms. The third-order valence-corrected chi connectivity index (χ3v) is 1.79. The van der Waals surface area contributed by atoms with Crippen molar-refractivity contribution in [3.63, 3.8) is 0 Å². The van der Waals surface area contributed by atoms with Crippen molar-refractivity contribution in [1.82, 2.24) is 9.97 Å². The van der Waals surface area contributed by atoms with Gasteiger partial charge in [-0.15, -0.1) is 0 Å². The van der Waals surface area contributed by atoms with Crippen LogP contribution in [0.4, 0.5) is 0 Å². The van der Waals surface area contributed by atoms with E-state index >= 15 is 0 Å².